The number of benzene rings is 2. The van der Waals surface area contributed by atoms with Gasteiger partial charge in [0.05, 0.1) is 26.7 Å². The summed E-state index contributed by atoms with van der Waals surface area (Å²) in [6, 6.07) is 14.1. The van der Waals surface area contributed by atoms with Gasteiger partial charge in [0, 0.05) is 0 Å². The normalized spacial score (nSPS) is 14.8. The number of oxazole rings is 2. The highest BCUT2D eigenvalue weighted by atomic mass is 16.5. The maximum atomic E-state index is 13.3. The van der Waals surface area contributed by atoms with Gasteiger partial charge in [0.1, 0.15) is 28.1 Å². The van der Waals surface area contributed by atoms with Crippen LogP contribution in [0.25, 0.3) is 17.5 Å². The summed E-state index contributed by atoms with van der Waals surface area (Å²) in [5, 5.41) is 0.113. The van der Waals surface area contributed by atoms with E-state index in [2.05, 4.69) is 4.98 Å². The number of carbonyl (C=O) groups is 1. The molecule has 10 heteroatoms. The number of methoxy groups -OCH3 is 2. The van der Waals surface area contributed by atoms with Crippen LogP contribution in [0.5, 0.6) is 11.5 Å². The monoisotopic (exact) mass is 489 g/mol. The van der Waals surface area contributed by atoms with Gasteiger partial charge in [0.15, 0.2) is 0 Å². The molecule has 10 nitrogen and oxygen atoms in total. The number of carbonyl (C=O) groups excluding carboxylic acids is 1. The second-order valence-electron chi connectivity index (χ2n) is 7.92. The predicted octanol–water partition coefficient (Wildman–Crippen LogP) is 1.71. The third-order valence-corrected chi connectivity index (χ3v) is 5.81. The van der Waals surface area contributed by atoms with Crippen LogP contribution in [0, 0.1) is 0 Å². The zero-order chi connectivity index (χ0) is 25.4. The van der Waals surface area contributed by atoms with Crippen LogP contribution < -0.4 is 31.7 Å². The number of aromatic nitrogens is 2. The topological polar surface area (TPSA) is 132 Å². The summed E-state index contributed by atoms with van der Waals surface area (Å²) >= 11 is 0. The molecule has 5 rings (SSSR count). The quantitative estimate of drug-likeness (QED) is 0.402. The van der Waals surface area contributed by atoms with E-state index in [1.807, 2.05) is 0 Å². The lowest BCUT2D eigenvalue weighted by atomic mass is 9.87. The van der Waals surface area contributed by atoms with E-state index in [4.69, 9.17) is 28.8 Å². The Kier molecular flexibility index (Phi) is 5.85. The SMILES string of the molecule is CCOC(=O)C1=c2oc(=O)/c(=C\c3cccc(OC)c3)n2-c2oc(N)nc2[C@H]1c1cccc(OC)c1. The highest BCUT2D eigenvalue weighted by Crippen LogP contribution is 2.39. The second-order valence-corrected chi connectivity index (χ2v) is 7.92. The van der Waals surface area contributed by atoms with Crippen molar-refractivity contribution in [1.29, 1.82) is 0 Å². The molecular formula is C26H23N3O7. The molecule has 2 aromatic heterocycles. The molecule has 184 valence electrons. The van der Waals surface area contributed by atoms with E-state index in [-0.39, 0.29) is 35.0 Å². The van der Waals surface area contributed by atoms with E-state index in [9.17, 15) is 9.59 Å². The average Bonchev–Trinajstić information content (AvgIpc) is 3.42. The molecule has 0 radical (unpaired) electrons. The standard InChI is InChI=1S/C26H23N3O7/c1-4-34-25(31)20-19(15-8-6-10-17(13-15)33-3)21-23(36-26(27)28-21)29-18(24(30)35-22(20)29)12-14-7-5-9-16(11-14)32-2/h5-13,19H,4H2,1-3H3,(H2,27,28)/b18-12+/t19-/m0/s1. The number of ether oxygens (including phenoxy) is 3. The number of nitrogens with two attached hydrogens (primary N) is 1. The van der Waals surface area contributed by atoms with Crippen LogP contribution in [0.4, 0.5) is 6.01 Å². The Labute approximate surface area is 204 Å². The van der Waals surface area contributed by atoms with Gasteiger partial charge in [-0.15, -0.1) is 0 Å². The van der Waals surface area contributed by atoms with Crippen molar-refractivity contribution in [2.75, 3.05) is 26.6 Å². The van der Waals surface area contributed by atoms with E-state index in [0.29, 0.717) is 28.3 Å². The van der Waals surface area contributed by atoms with Crippen LogP contribution in [0.3, 0.4) is 0 Å². The van der Waals surface area contributed by atoms with Crippen molar-refractivity contribution in [2.24, 2.45) is 0 Å². The largest absolute Gasteiger partial charge is 0.497 e. The molecule has 0 amide bonds. The zero-order valence-electron chi connectivity index (χ0n) is 19.8. The second kappa shape index (κ2) is 9.14. The van der Waals surface area contributed by atoms with Crippen molar-refractivity contribution in [2.45, 2.75) is 12.8 Å². The first-order valence-corrected chi connectivity index (χ1v) is 11.1. The summed E-state index contributed by atoms with van der Waals surface area (Å²) in [6.07, 6.45) is 1.61. The molecule has 1 atom stereocenters. The van der Waals surface area contributed by atoms with Crippen molar-refractivity contribution in [3.05, 3.63) is 86.7 Å². The minimum atomic E-state index is -0.787. The van der Waals surface area contributed by atoms with Crippen LogP contribution in [0.15, 0.2) is 62.2 Å². The van der Waals surface area contributed by atoms with Crippen LogP contribution >= 0.6 is 0 Å². The zero-order valence-corrected chi connectivity index (χ0v) is 19.8. The van der Waals surface area contributed by atoms with Crippen molar-refractivity contribution in [1.82, 2.24) is 9.55 Å². The fourth-order valence-corrected chi connectivity index (χ4v) is 4.28. The van der Waals surface area contributed by atoms with Gasteiger partial charge in [0.25, 0.3) is 6.01 Å². The summed E-state index contributed by atoms with van der Waals surface area (Å²) in [6.45, 7) is 1.81. The van der Waals surface area contributed by atoms with Crippen molar-refractivity contribution < 1.29 is 27.8 Å². The first-order valence-electron chi connectivity index (χ1n) is 11.1. The van der Waals surface area contributed by atoms with Gasteiger partial charge in [-0.05, 0) is 48.4 Å². The van der Waals surface area contributed by atoms with Gasteiger partial charge < -0.3 is 28.8 Å². The van der Waals surface area contributed by atoms with Gasteiger partial charge >= 0.3 is 11.6 Å². The first-order chi connectivity index (χ1) is 17.4. The number of nitrogen functional groups attached to an aromatic ring is 1. The molecule has 0 unspecified atom stereocenters. The first kappa shape index (κ1) is 23.0. The third-order valence-electron chi connectivity index (χ3n) is 5.81. The lowest BCUT2D eigenvalue weighted by Gasteiger charge is -2.22. The third kappa shape index (κ3) is 3.82. The van der Waals surface area contributed by atoms with Gasteiger partial charge in [-0.2, -0.15) is 4.98 Å². The summed E-state index contributed by atoms with van der Waals surface area (Å²) in [4.78, 5) is 30.8. The smallest absolute Gasteiger partial charge is 0.362 e. The summed E-state index contributed by atoms with van der Waals surface area (Å²) < 4.78 is 28.9. The summed E-state index contributed by atoms with van der Waals surface area (Å²) in [5.74, 6) is -0.0926. The summed E-state index contributed by atoms with van der Waals surface area (Å²) in [7, 11) is 3.09. The Morgan fingerprint density at radius 2 is 1.83 bits per heavy atom. The number of nitrogens with zero attached hydrogens (tertiary/aromatic N) is 2. The minimum Gasteiger partial charge on any atom is -0.497 e. The number of anilines is 1. The number of hydrogen-bond acceptors (Lipinski definition) is 9. The Bertz CT molecular complexity index is 1640. The molecule has 2 aromatic carbocycles. The molecule has 0 spiro atoms. The molecule has 0 saturated carbocycles. The van der Waals surface area contributed by atoms with E-state index < -0.39 is 17.5 Å². The van der Waals surface area contributed by atoms with Crippen molar-refractivity contribution in [3.8, 4) is 17.4 Å². The van der Waals surface area contributed by atoms with Crippen LogP contribution in [0.1, 0.15) is 29.7 Å². The van der Waals surface area contributed by atoms with Crippen LogP contribution in [-0.4, -0.2) is 36.3 Å². The van der Waals surface area contributed by atoms with Crippen LogP contribution in [0.2, 0.25) is 0 Å². The fraction of sp³-hybridized carbons (Fsp3) is 0.192. The van der Waals surface area contributed by atoms with E-state index >= 15 is 0 Å². The maximum Gasteiger partial charge on any atom is 0.362 e. The average molecular weight is 489 g/mol. The van der Waals surface area contributed by atoms with Gasteiger partial charge in [-0.1, -0.05) is 24.3 Å². The molecule has 2 N–H and O–H groups in total. The van der Waals surface area contributed by atoms with E-state index in [1.165, 1.54) is 4.57 Å². The highest BCUT2D eigenvalue weighted by molar-refractivity contribution is 6.12. The van der Waals surface area contributed by atoms with Crippen molar-refractivity contribution in [3.63, 3.8) is 0 Å². The van der Waals surface area contributed by atoms with E-state index in [1.54, 1.807) is 75.8 Å². The maximum absolute atomic E-state index is 13.3. The van der Waals surface area contributed by atoms with Gasteiger partial charge in [-0.3, -0.25) is 0 Å². The Morgan fingerprint density at radius 1 is 1.11 bits per heavy atom. The molecule has 0 fully saturated rings. The Hall–Kier alpha value is -4.73. The number of hydrogen-bond donors (Lipinski definition) is 1. The Balaban J connectivity index is 1.88. The van der Waals surface area contributed by atoms with E-state index in [0.717, 1.165) is 0 Å². The molecule has 0 aliphatic carbocycles. The molecular weight excluding hydrogens is 466 g/mol. The minimum absolute atomic E-state index is 0.0240. The fourth-order valence-electron chi connectivity index (χ4n) is 4.28. The molecule has 3 heterocycles. The molecule has 0 saturated heterocycles. The highest BCUT2D eigenvalue weighted by Gasteiger charge is 2.39. The predicted molar refractivity (Wildman–Crippen MR) is 129 cm³/mol. The lowest BCUT2D eigenvalue weighted by molar-refractivity contribution is -0.136. The molecule has 36 heavy (non-hydrogen) atoms. The molecule has 0 bridgehead atoms. The lowest BCUT2D eigenvalue weighted by Crippen LogP contribution is -2.37. The number of esters is 1. The van der Waals surface area contributed by atoms with Crippen molar-refractivity contribution >= 4 is 23.6 Å². The van der Waals surface area contributed by atoms with Gasteiger partial charge in [-0.25, -0.2) is 14.2 Å². The van der Waals surface area contributed by atoms with Crippen LogP contribution in [-0.2, 0) is 9.53 Å². The molecule has 1 aliphatic rings. The van der Waals surface area contributed by atoms with Gasteiger partial charge in [0.2, 0.25) is 11.4 Å². The molecule has 4 aromatic rings. The number of fused-ring (bicyclic) bond motifs is 3. The summed E-state index contributed by atoms with van der Waals surface area (Å²) in [5.41, 5.74) is 7.01. The Morgan fingerprint density at radius 3 is 2.56 bits per heavy atom. The molecule has 1 aliphatic heterocycles. The number of rotatable bonds is 6.